The zero-order valence-electron chi connectivity index (χ0n) is 10.4. The van der Waals surface area contributed by atoms with E-state index >= 15 is 0 Å². The molecule has 0 unspecified atom stereocenters. The molecule has 1 fully saturated rings. The van der Waals surface area contributed by atoms with Gasteiger partial charge in [0, 0.05) is 11.0 Å². The summed E-state index contributed by atoms with van der Waals surface area (Å²) in [5.41, 5.74) is 0.883. The molecule has 0 amide bonds. The number of fused-ring (bicyclic) bond motifs is 2. The van der Waals surface area contributed by atoms with E-state index in [0.29, 0.717) is 18.4 Å². The lowest BCUT2D eigenvalue weighted by atomic mass is 9.88. The van der Waals surface area contributed by atoms with Gasteiger partial charge in [0.15, 0.2) is 6.29 Å². The van der Waals surface area contributed by atoms with Crippen LogP contribution >= 0.6 is 0 Å². The topological polar surface area (TPSA) is 47.9 Å². The molecule has 0 saturated heterocycles. The summed E-state index contributed by atoms with van der Waals surface area (Å²) in [4.78, 5) is 4.22. The lowest BCUT2D eigenvalue weighted by Crippen LogP contribution is -2.41. The molecule has 1 spiro atoms. The van der Waals surface area contributed by atoms with Crippen LogP contribution in [0, 0.1) is 0 Å². The van der Waals surface area contributed by atoms with Crippen LogP contribution in [0.1, 0.15) is 30.3 Å². The van der Waals surface area contributed by atoms with Gasteiger partial charge < -0.3 is 9.47 Å². The van der Waals surface area contributed by atoms with Gasteiger partial charge in [0.2, 0.25) is 6.29 Å². The Morgan fingerprint density at radius 2 is 2.00 bits per heavy atom. The largest absolute Gasteiger partial charge is 0.411 e. The average molecular weight is 290 g/mol. The van der Waals surface area contributed by atoms with Crippen LogP contribution < -0.4 is 0 Å². The second-order valence-electron chi connectivity index (χ2n) is 5.07. The van der Waals surface area contributed by atoms with Crippen molar-refractivity contribution in [3.63, 3.8) is 0 Å². The average Bonchev–Trinajstić information content (AvgIpc) is 3.19. The predicted molar refractivity (Wildman–Crippen MR) is 60.7 cm³/mol. The van der Waals surface area contributed by atoms with Gasteiger partial charge in [-0.1, -0.05) is 24.3 Å². The van der Waals surface area contributed by atoms with E-state index in [9.17, 15) is 13.2 Å². The molecule has 1 aromatic rings. The van der Waals surface area contributed by atoms with Crippen molar-refractivity contribution < 1.29 is 32.8 Å². The van der Waals surface area contributed by atoms with Gasteiger partial charge in [0.05, 0.1) is 0 Å². The number of hydrogen-bond donors (Lipinski definition) is 1. The molecule has 1 aliphatic carbocycles. The number of alkyl halides is 3. The van der Waals surface area contributed by atoms with Gasteiger partial charge in [0.25, 0.3) is 0 Å². The highest BCUT2D eigenvalue weighted by molar-refractivity contribution is 5.42. The summed E-state index contributed by atoms with van der Waals surface area (Å²) in [5.74, 6) is 0. The molecule has 1 aromatic carbocycles. The van der Waals surface area contributed by atoms with Crippen LogP contribution in [-0.2, 0) is 19.8 Å². The van der Waals surface area contributed by atoms with Crippen molar-refractivity contribution in [2.24, 2.45) is 0 Å². The Hall–Kier alpha value is -1.15. The van der Waals surface area contributed by atoms with Crippen molar-refractivity contribution in [3.8, 4) is 0 Å². The Morgan fingerprint density at radius 1 is 1.30 bits per heavy atom. The Balaban J connectivity index is 1.88. The van der Waals surface area contributed by atoms with Crippen LogP contribution in [0.4, 0.5) is 13.2 Å². The Labute approximate surface area is 113 Å². The SMILES string of the molecule is OO[C@H]1O[C@@H](OCC(F)(F)F)C2(CC2)c2ccccc21. The smallest absolute Gasteiger partial charge is 0.342 e. The maximum atomic E-state index is 12.3. The zero-order valence-corrected chi connectivity index (χ0v) is 10.4. The van der Waals surface area contributed by atoms with Crippen molar-refractivity contribution in [3.05, 3.63) is 35.4 Å². The van der Waals surface area contributed by atoms with Gasteiger partial charge in [-0.2, -0.15) is 13.2 Å². The van der Waals surface area contributed by atoms with E-state index in [1.165, 1.54) is 0 Å². The Kier molecular flexibility index (Phi) is 3.24. The second kappa shape index (κ2) is 4.70. The van der Waals surface area contributed by atoms with Crippen LogP contribution in [0.25, 0.3) is 0 Å². The summed E-state index contributed by atoms with van der Waals surface area (Å²) >= 11 is 0. The highest BCUT2D eigenvalue weighted by atomic mass is 19.4. The summed E-state index contributed by atoms with van der Waals surface area (Å²) in [6.45, 7) is -1.39. The molecule has 3 rings (SSSR count). The standard InChI is InChI=1S/C13H13F3O4/c14-13(15,16)7-18-11-12(5-6-12)9-4-2-1-3-8(9)10(19-11)20-17/h1-4,10-11,17H,5-7H2/t10-,11-/m1/s1. The molecule has 0 radical (unpaired) electrons. The number of rotatable bonds is 3. The molecule has 1 aliphatic heterocycles. The molecule has 110 valence electrons. The zero-order chi connectivity index (χ0) is 14.4. The monoisotopic (exact) mass is 290 g/mol. The molecule has 1 heterocycles. The maximum Gasteiger partial charge on any atom is 0.411 e. The first-order valence-corrected chi connectivity index (χ1v) is 6.20. The van der Waals surface area contributed by atoms with Crippen LogP contribution in [-0.4, -0.2) is 24.3 Å². The molecule has 2 aliphatic rings. The number of ether oxygens (including phenoxy) is 2. The molecule has 20 heavy (non-hydrogen) atoms. The lowest BCUT2D eigenvalue weighted by Gasteiger charge is -2.37. The molecule has 0 aromatic heterocycles. The van der Waals surface area contributed by atoms with E-state index in [2.05, 4.69) is 4.89 Å². The van der Waals surface area contributed by atoms with Gasteiger partial charge in [-0.25, -0.2) is 10.1 Å². The fourth-order valence-corrected chi connectivity index (χ4v) is 2.69. The minimum absolute atomic E-state index is 0.559. The molecular weight excluding hydrogens is 277 g/mol. The van der Waals surface area contributed by atoms with Crippen molar-refractivity contribution >= 4 is 0 Å². The molecule has 7 heteroatoms. The third-order valence-electron chi connectivity index (χ3n) is 3.73. The van der Waals surface area contributed by atoms with Crippen LogP contribution in [0.5, 0.6) is 0 Å². The Morgan fingerprint density at radius 3 is 2.60 bits per heavy atom. The normalized spacial score (nSPS) is 27.4. The van der Waals surface area contributed by atoms with Crippen molar-refractivity contribution in [1.82, 2.24) is 0 Å². The third kappa shape index (κ3) is 2.31. The summed E-state index contributed by atoms with van der Waals surface area (Å²) < 4.78 is 47.1. The van der Waals surface area contributed by atoms with E-state index in [1.54, 1.807) is 24.3 Å². The number of halogens is 3. The van der Waals surface area contributed by atoms with E-state index in [1.807, 2.05) is 0 Å². The quantitative estimate of drug-likeness (QED) is 0.686. The van der Waals surface area contributed by atoms with E-state index in [0.717, 1.165) is 5.56 Å². The minimum Gasteiger partial charge on any atom is -0.342 e. The van der Waals surface area contributed by atoms with Gasteiger partial charge in [-0.05, 0) is 18.4 Å². The van der Waals surface area contributed by atoms with Crippen LogP contribution in [0.2, 0.25) is 0 Å². The van der Waals surface area contributed by atoms with E-state index < -0.39 is 30.8 Å². The maximum absolute atomic E-state index is 12.3. The summed E-state index contributed by atoms with van der Waals surface area (Å²) in [6.07, 6.45) is -5.26. The first-order valence-electron chi connectivity index (χ1n) is 6.20. The molecule has 1 saturated carbocycles. The fourth-order valence-electron chi connectivity index (χ4n) is 2.69. The highest BCUT2D eigenvalue weighted by Crippen LogP contribution is 2.57. The predicted octanol–water partition coefficient (Wildman–Crippen LogP) is 3.14. The molecule has 2 atom stereocenters. The Bertz CT molecular complexity index is 499. The van der Waals surface area contributed by atoms with Gasteiger partial charge >= 0.3 is 6.18 Å². The van der Waals surface area contributed by atoms with Gasteiger partial charge in [0.1, 0.15) is 6.61 Å². The number of hydrogen-bond acceptors (Lipinski definition) is 4. The number of benzene rings is 1. The van der Waals surface area contributed by atoms with Gasteiger partial charge in [-0.3, -0.25) is 0 Å². The molecule has 1 N–H and O–H groups in total. The van der Waals surface area contributed by atoms with Crippen LogP contribution in [0.3, 0.4) is 0 Å². The van der Waals surface area contributed by atoms with Crippen molar-refractivity contribution in [2.75, 3.05) is 6.61 Å². The van der Waals surface area contributed by atoms with Crippen molar-refractivity contribution in [1.29, 1.82) is 0 Å². The molecule has 0 bridgehead atoms. The third-order valence-corrected chi connectivity index (χ3v) is 3.73. The summed E-state index contributed by atoms with van der Waals surface area (Å²) in [5, 5.41) is 8.87. The first-order chi connectivity index (χ1) is 9.46. The summed E-state index contributed by atoms with van der Waals surface area (Å²) in [7, 11) is 0. The van der Waals surface area contributed by atoms with Crippen LogP contribution in [0.15, 0.2) is 24.3 Å². The van der Waals surface area contributed by atoms with Crippen molar-refractivity contribution in [2.45, 2.75) is 37.0 Å². The first kappa shape index (κ1) is 13.8. The van der Waals surface area contributed by atoms with E-state index in [4.69, 9.17) is 14.7 Å². The molecular formula is C13H13F3O4. The summed E-state index contributed by atoms with van der Waals surface area (Å²) in [6, 6.07) is 7.07. The lowest BCUT2D eigenvalue weighted by molar-refractivity contribution is -0.392. The second-order valence-corrected chi connectivity index (χ2v) is 5.07. The van der Waals surface area contributed by atoms with Gasteiger partial charge in [-0.15, -0.1) is 0 Å². The fraction of sp³-hybridized carbons (Fsp3) is 0.538. The van der Waals surface area contributed by atoms with E-state index in [-0.39, 0.29) is 0 Å². The minimum atomic E-state index is -4.42. The molecule has 4 nitrogen and oxygen atoms in total. The highest BCUT2D eigenvalue weighted by Gasteiger charge is 2.58.